The topological polar surface area (TPSA) is 107 Å². The summed E-state index contributed by atoms with van der Waals surface area (Å²) in [5, 5.41) is 2.56. The molecule has 1 amide bonds. The second-order valence-corrected chi connectivity index (χ2v) is 7.06. The molecule has 2 N–H and O–H groups in total. The summed E-state index contributed by atoms with van der Waals surface area (Å²) in [7, 11) is -3.72. The number of hydrogen-bond acceptors (Lipinski definition) is 6. The maximum atomic E-state index is 12.3. The van der Waals surface area contributed by atoms with Crippen molar-refractivity contribution in [1.82, 2.24) is 10.0 Å². The number of ether oxygens (including phenoxy) is 2. The third-order valence-electron chi connectivity index (χ3n) is 3.48. The number of carbonyl (C=O) groups excluding carboxylic acids is 1. The number of amides is 1. The number of nitrogens with one attached hydrogen (secondary N) is 2. The van der Waals surface area contributed by atoms with E-state index in [0.29, 0.717) is 24.7 Å². The van der Waals surface area contributed by atoms with Gasteiger partial charge in [-0.2, -0.15) is 0 Å². The first-order valence-corrected chi connectivity index (χ1v) is 9.25. The van der Waals surface area contributed by atoms with Crippen LogP contribution in [0.5, 0.6) is 11.5 Å². The fourth-order valence-electron chi connectivity index (χ4n) is 2.25. The van der Waals surface area contributed by atoms with Crippen LogP contribution in [0.3, 0.4) is 0 Å². The van der Waals surface area contributed by atoms with Crippen LogP contribution in [0.15, 0.2) is 45.9 Å². The number of hydrogen-bond donors (Lipinski definition) is 2. The Labute approximate surface area is 145 Å². The zero-order chi connectivity index (χ0) is 17.7. The molecule has 0 aliphatic carbocycles. The molecule has 0 unspecified atom stereocenters. The molecule has 0 atom stereocenters. The standard InChI is InChI=1S/C16H18N2O6S/c19-16(14-3-1-8-23-14)17-6-7-18-25(20,21)12-4-5-13-15(11-12)24-10-2-9-22-13/h1,3-5,8,11,18H,2,6-7,9-10H2,(H,17,19). The summed E-state index contributed by atoms with van der Waals surface area (Å²) in [5.74, 6) is 0.708. The Hall–Kier alpha value is -2.52. The molecule has 0 spiro atoms. The van der Waals surface area contributed by atoms with Gasteiger partial charge in [0.1, 0.15) is 0 Å². The van der Waals surface area contributed by atoms with Crippen LogP contribution in [0.1, 0.15) is 17.0 Å². The highest BCUT2D eigenvalue weighted by atomic mass is 32.2. The molecule has 25 heavy (non-hydrogen) atoms. The van der Waals surface area contributed by atoms with Crippen LogP contribution in [0.2, 0.25) is 0 Å². The summed E-state index contributed by atoms with van der Waals surface area (Å²) in [6.07, 6.45) is 2.13. The molecule has 3 rings (SSSR count). The first kappa shape index (κ1) is 17.3. The number of rotatable bonds is 6. The molecule has 1 aliphatic rings. The molecule has 1 aromatic heterocycles. The van der Waals surface area contributed by atoms with E-state index in [0.717, 1.165) is 6.42 Å². The largest absolute Gasteiger partial charge is 0.490 e. The van der Waals surface area contributed by atoms with Crippen molar-refractivity contribution in [2.75, 3.05) is 26.3 Å². The van der Waals surface area contributed by atoms with Gasteiger partial charge in [0.15, 0.2) is 17.3 Å². The van der Waals surface area contributed by atoms with Gasteiger partial charge in [-0.05, 0) is 24.3 Å². The summed E-state index contributed by atoms with van der Waals surface area (Å²) in [6.45, 7) is 1.18. The van der Waals surface area contributed by atoms with Crippen LogP contribution >= 0.6 is 0 Å². The Balaban J connectivity index is 1.56. The van der Waals surface area contributed by atoms with E-state index >= 15 is 0 Å². The first-order chi connectivity index (χ1) is 12.1. The van der Waals surface area contributed by atoms with Gasteiger partial charge in [-0.3, -0.25) is 4.79 Å². The van der Waals surface area contributed by atoms with Crippen molar-refractivity contribution in [2.24, 2.45) is 0 Å². The predicted molar refractivity (Wildman–Crippen MR) is 88.3 cm³/mol. The van der Waals surface area contributed by atoms with E-state index in [1.165, 1.54) is 24.5 Å². The van der Waals surface area contributed by atoms with E-state index in [4.69, 9.17) is 13.9 Å². The van der Waals surface area contributed by atoms with E-state index in [-0.39, 0.29) is 23.7 Å². The van der Waals surface area contributed by atoms with Crippen molar-refractivity contribution in [3.8, 4) is 11.5 Å². The smallest absolute Gasteiger partial charge is 0.287 e. The monoisotopic (exact) mass is 366 g/mol. The maximum absolute atomic E-state index is 12.3. The van der Waals surface area contributed by atoms with Gasteiger partial charge < -0.3 is 19.2 Å². The molecule has 2 aromatic rings. The Morgan fingerprint density at radius 2 is 1.88 bits per heavy atom. The molecular weight excluding hydrogens is 348 g/mol. The normalized spacial score (nSPS) is 13.9. The lowest BCUT2D eigenvalue weighted by atomic mass is 10.3. The van der Waals surface area contributed by atoms with Crippen molar-refractivity contribution in [3.05, 3.63) is 42.4 Å². The Morgan fingerprint density at radius 3 is 2.64 bits per heavy atom. The molecule has 1 aromatic carbocycles. The van der Waals surface area contributed by atoms with E-state index in [1.807, 2.05) is 0 Å². The van der Waals surface area contributed by atoms with Gasteiger partial charge >= 0.3 is 0 Å². The van der Waals surface area contributed by atoms with E-state index in [9.17, 15) is 13.2 Å². The predicted octanol–water partition coefficient (Wildman–Crippen LogP) is 1.15. The highest BCUT2D eigenvalue weighted by Gasteiger charge is 2.18. The zero-order valence-corrected chi connectivity index (χ0v) is 14.2. The van der Waals surface area contributed by atoms with Gasteiger partial charge in [0, 0.05) is 25.6 Å². The molecule has 0 bridgehead atoms. The van der Waals surface area contributed by atoms with Crippen molar-refractivity contribution >= 4 is 15.9 Å². The average Bonchev–Trinajstić information content (AvgIpc) is 3.04. The highest BCUT2D eigenvalue weighted by Crippen LogP contribution is 2.31. The minimum Gasteiger partial charge on any atom is -0.490 e. The zero-order valence-electron chi connectivity index (χ0n) is 13.4. The summed E-state index contributed by atoms with van der Waals surface area (Å²) in [5.41, 5.74) is 0. The highest BCUT2D eigenvalue weighted by molar-refractivity contribution is 7.89. The summed E-state index contributed by atoms with van der Waals surface area (Å²) < 4.78 is 43.0. The molecule has 134 valence electrons. The summed E-state index contributed by atoms with van der Waals surface area (Å²) >= 11 is 0. The maximum Gasteiger partial charge on any atom is 0.287 e. The number of furan rings is 1. The van der Waals surface area contributed by atoms with Crippen LogP contribution in [0.4, 0.5) is 0 Å². The van der Waals surface area contributed by atoms with Crippen molar-refractivity contribution in [2.45, 2.75) is 11.3 Å². The molecular formula is C16H18N2O6S. The second-order valence-electron chi connectivity index (χ2n) is 5.29. The summed E-state index contributed by atoms with van der Waals surface area (Å²) in [6, 6.07) is 7.59. The van der Waals surface area contributed by atoms with Crippen LogP contribution < -0.4 is 19.5 Å². The lowest BCUT2D eigenvalue weighted by molar-refractivity contribution is 0.0926. The van der Waals surface area contributed by atoms with Crippen LogP contribution in [0, 0.1) is 0 Å². The molecule has 0 saturated heterocycles. The molecule has 0 fully saturated rings. The van der Waals surface area contributed by atoms with Gasteiger partial charge in [0.25, 0.3) is 5.91 Å². The minimum atomic E-state index is -3.72. The number of benzene rings is 1. The first-order valence-electron chi connectivity index (χ1n) is 7.77. The fraction of sp³-hybridized carbons (Fsp3) is 0.312. The molecule has 8 nitrogen and oxygen atoms in total. The SMILES string of the molecule is O=C(NCCNS(=O)(=O)c1ccc2c(c1)OCCCO2)c1ccco1. The van der Waals surface area contributed by atoms with Gasteiger partial charge in [-0.15, -0.1) is 0 Å². The van der Waals surface area contributed by atoms with Gasteiger partial charge in [0.05, 0.1) is 24.4 Å². The van der Waals surface area contributed by atoms with Crippen LogP contribution in [0.25, 0.3) is 0 Å². The van der Waals surface area contributed by atoms with Crippen molar-refractivity contribution < 1.29 is 27.1 Å². The number of sulfonamides is 1. The van der Waals surface area contributed by atoms with Gasteiger partial charge in [-0.25, -0.2) is 13.1 Å². The van der Waals surface area contributed by atoms with Gasteiger partial charge in [-0.1, -0.05) is 0 Å². The van der Waals surface area contributed by atoms with Crippen LogP contribution in [-0.2, 0) is 10.0 Å². The van der Waals surface area contributed by atoms with E-state index < -0.39 is 15.9 Å². The lowest BCUT2D eigenvalue weighted by Crippen LogP contribution is -2.34. The van der Waals surface area contributed by atoms with Crippen molar-refractivity contribution in [3.63, 3.8) is 0 Å². The van der Waals surface area contributed by atoms with Crippen LogP contribution in [-0.4, -0.2) is 40.6 Å². The third kappa shape index (κ3) is 4.31. The fourth-order valence-corrected chi connectivity index (χ4v) is 3.30. The Morgan fingerprint density at radius 1 is 1.08 bits per heavy atom. The number of fused-ring (bicyclic) bond motifs is 1. The molecule has 1 aliphatic heterocycles. The van der Waals surface area contributed by atoms with Gasteiger partial charge in [0.2, 0.25) is 10.0 Å². The number of carbonyl (C=O) groups is 1. The second kappa shape index (κ2) is 7.58. The lowest BCUT2D eigenvalue weighted by Gasteiger charge is -2.11. The molecule has 2 heterocycles. The van der Waals surface area contributed by atoms with Crippen molar-refractivity contribution in [1.29, 1.82) is 0 Å². The molecule has 0 radical (unpaired) electrons. The Bertz CT molecular complexity index is 832. The average molecular weight is 366 g/mol. The van der Waals surface area contributed by atoms with E-state index in [2.05, 4.69) is 10.0 Å². The van der Waals surface area contributed by atoms with E-state index in [1.54, 1.807) is 12.1 Å². The minimum absolute atomic E-state index is 0.0449. The molecule has 0 saturated carbocycles. The molecule has 9 heteroatoms. The third-order valence-corrected chi connectivity index (χ3v) is 4.94. The summed E-state index contributed by atoms with van der Waals surface area (Å²) in [4.78, 5) is 11.8. The Kier molecular flexibility index (Phi) is 5.25. The quantitative estimate of drug-likeness (QED) is 0.743.